The number of rotatable bonds is 4. The molecule has 0 radical (unpaired) electrons. The zero-order valence-electron chi connectivity index (χ0n) is 9.73. The molecular formula is C13H17BrN2. The fourth-order valence-electron chi connectivity index (χ4n) is 1.83. The molecule has 16 heavy (non-hydrogen) atoms. The lowest BCUT2D eigenvalue weighted by Gasteiger charge is -2.18. The van der Waals surface area contributed by atoms with E-state index in [-0.39, 0.29) is 0 Å². The van der Waals surface area contributed by atoms with Gasteiger partial charge in [-0.1, -0.05) is 48.0 Å². The van der Waals surface area contributed by atoms with Crippen LogP contribution in [-0.4, -0.2) is 15.1 Å². The molecular weight excluding hydrogens is 264 g/mol. The lowest BCUT2D eigenvalue weighted by molar-refractivity contribution is 0.362. The predicted octanol–water partition coefficient (Wildman–Crippen LogP) is 3.70. The summed E-state index contributed by atoms with van der Waals surface area (Å²) < 4.78 is 2.11. The third-order valence-electron chi connectivity index (χ3n) is 3.10. The molecule has 0 aliphatic carbocycles. The molecule has 0 spiro atoms. The van der Waals surface area contributed by atoms with Gasteiger partial charge in [-0.2, -0.15) is 5.10 Å². The zero-order chi connectivity index (χ0) is 11.5. The maximum Gasteiger partial charge on any atom is 0.0682 e. The molecule has 2 aromatic rings. The van der Waals surface area contributed by atoms with Crippen molar-refractivity contribution in [3.8, 4) is 0 Å². The Labute approximate surface area is 105 Å². The summed E-state index contributed by atoms with van der Waals surface area (Å²) in [4.78, 5) is 0. The highest BCUT2D eigenvalue weighted by molar-refractivity contribution is 9.09. The van der Waals surface area contributed by atoms with Crippen molar-refractivity contribution in [3.63, 3.8) is 0 Å². The van der Waals surface area contributed by atoms with E-state index >= 15 is 0 Å². The van der Waals surface area contributed by atoms with E-state index < -0.39 is 0 Å². The highest BCUT2D eigenvalue weighted by Gasteiger charge is 2.14. The van der Waals surface area contributed by atoms with Crippen LogP contribution in [0.4, 0.5) is 0 Å². The van der Waals surface area contributed by atoms with E-state index in [0.29, 0.717) is 11.8 Å². The normalized spacial score (nSPS) is 13.5. The lowest BCUT2D eigenvalue weighted by Crippen LogP contribution is -2.18. The molecule has 0 bridgehead atoms. The summed E-state index contributed by atoms with van der Waals surface area (Å²) in [6, 6.07) is 8.36. The molecule has 2 rings (SSSR count). The number of aromatic nitrogens is 2. The lowest BCUT2D eigenvalue weighted by atomic mass is 9.98. The molecule has 1 aromatic carbocycles. The van der Waals surface area contributed by atoms with Crippen molar-refractivity contribution < 1.29 is 0 Å². The van der Waals surface area contributed by atoms with E-state index in [4.69, 9.17) is 0 Å². The minimum Gasteiger partial charge on any atom is -0.265 e. The summed E-state index contributed by atoms with van der Waals surface area (Å²) in [5.41, 5.74) is 1.23. The quantitative estimate of drug-likeness (QED) is 0.781. The minimum atomic E-state index is 0.628. The van der Waals surface area contributed by atoms with Gasteiger partial charge in [0.1, 0.15) is 0 Å². The highest BCUT2D eigenvalue weighted by atomic mass is 79.9. The maximum absolute atomic E-state index is 4.46. The Kier molecular flexibility index (Phi) is 3.64. The van der Waals surface area contributed by atoms with Gasteiger partial charge in [-0.25, -0.2) is 0 Å². The van der Waals surface area contributed by atoms with E-state index in [1.807, 2.05) is 6.20 Å². The van der Waals surface area contributed by atoms with Crippen LogP contribution in [0.1, 0.15) is 13.8 Å². The Morgan fingerprint density at radius 3 is 2.75 bits per heavy atom. The Bertz CT molecular complexity index is 462. The fourth-order valence-corrected chi connectivity index (χ4v) is 2.78. The molecule has 0 saturated heterocycles. The topological polar surface area (TPSA) is 17.8 Å². The number of alkyl halides is 1. The van der Waals surface area contributed by atoms with E-state index in [9.17, 15) is 0 Å². The van der Waals surface area contributed by atoms with Crippen LogP contribution < -0.4 is 0 Å². The van der Waals surface area contributed by atoms with Gasteiger partial charge in [-0.3, -0.25) is 4.68 Å². The maximum atomic E-state index is 4.46. The molecule has 0 saturated carbocycles. The van der Waals surface area contributed by atoms with Gasteiger partial charge in [-0.05, 0) is 17.9 Å². The first kappa shape index (κ1) is 11.6. The van der Waals surface area contributed by atoms with Gasteiger partial charge < -0.3 is 0 Å². The number of nitrogens with zero attached hydrogens (tertiary/aromatic N) is 2. The molecule has 0 aliphatic heterocycles. The zero-order valence-corrected chi connectivity index (χ0v) is 11.3. The van der Waals surface area contributed by atoms with Crippen molar-refractivity contribution in [2.45, 2.75) is 20.4 Å². The molecule has 3 heteroatoms. The Hall–Kier alpha value is -0.830. The second-order valence-electron chi connectivity index (χ2n) is 4.54. The number of hydrogen-bond acceptors (Lipinski definition) is 1. The van der Waals surface area contributed by atoms with Crippen LogP contribution in [0.3, 0.4) is 0 Å². The molecule has 0 fully saturated rings. The van der Waals surface area contributed by atoms with E-state index in [2.05, 4.69) is 63.8 Å². The third-order valence-corrected chi connectivity index (χ3v) is 3.93. The smallest absolute Gasteiger partial charge is 0.0682 e. The molecule has 0 N–H and O–H groups in total. The van der Waals surface area contributed by atoms with Crippen LogP contribution >= 0.6 is 15.9 Å². The number of halogens is 1. The van der Waals surface area contributed by atoms with Crippen molar-refractivity contribution in [1.29, 1.82) is 0 Å². The van der Waals surface area contributed by atoms with E-state index in [0.717, 1.165) is 11.9 Å². The SMILES string of the molecule is CC(C)C(CBr)Cn1ncc2ccccc21. The summed E-state index contributed by atoms with van der Waals surface area (Å²) in [5, 5.41) is 6.71. The summed E-state index contributed by atoms with van der Waals surface area (Å²) in [6.45, 7) is 5.51. The minimum absolute atomic E-state index is 0.628. The van der Waals surface area contributed by atoms with Gasteiger partial charge in [0.05, 0.1) is 11.7 Å². The number of para-hydroxylation sites is 1. The summed E-state index contributed by atoms with van der Waals surface area (Å²) >= 11 is 3.59. The van der Waals surface area contributed by atoms with Crippen LogP contribution in [0.5, 0.6) is 0 Å². The predicted molar refractivity (Wildman–Crippen MR) is 71.9 cm³/mol. The second kappa shape index (κ2) is 5.00. The van der Waals surface area contributed by atoms with Crippen molar-refractivity contribution in [3.05, 3.63) is 30.5 Å². The summed E-state index contributed by atoms with van der Waals surface area (Å²) in [5.74, 6) is 1.30. The molecule has 1 unspecified atom stereocenters. The molecule has 1 atom stereocenters. The Morgan fingerprint density at radius 1 is 1.31 bits per heavy atom. The van der Waals surface area contributed by atoms with Gasteiger partial charge in [0.15, 0.2) is 0 Å². The van der Waals surface area contributed by atoms with Gasteiger partial charge in [-0.15, -0.1) is 0 Å². The van der Waals surface area contributed by atoms with Crippen molar-refractivity contribution in [2.75, 3.05) is 5.33 Å². The highest BCUT2D eigenvalue weighted by Crippen LogP contribution is 2.19. The molecule has 86 valence electrons. The van der Waals surface area contributed by atoms with Crippen LogP contribution in [0.2, 0.25) is 0 Å². The van der Waals surface area contributed by atoms with Crippen LogP contribution in [0.15, 0.2) is 30.5 Å². The Balaban J connectivity index is 2.27. The molecule has 0 amide bonds. The monoisotopic (exact) mass is 280 g/mol. The second-order valence-corrected chi connectivity index (χ2v) is 5.19. The van der Waals surface area contributed by atoms with Crippen molar-refractivity contribution in [2.24, 2.45) is 11.8 Å². The van der Waals surface area contributed by atoms with Gasteiger partial charge in [0, 0.05) is 17.3 Å². The Morgan fingerprint density at radius 2 is 2.06 bits per heavy atom. The first-order chi connectivity index (χ1) is 7.72. The third kappa shape index (κ3) is 2.29. The number of benzene rings is 1. The fraction of sp³-hybridized carbons (Fsp3) is 0.462. The number of fused-ring (bicyclic) bond motifs is 1. The van der Waals surface area contributed by atoms with Gasteiger partial charge in [0.25, 0.3) is 0 Å². The van der Waals surface area contributed by atoms with Crippen molar-refractivity contribution >= 4 is 26.8 Å². The molecule has 1 aromatic heterocycles. The standard InChI is InChI=1S/C13H17BrN2/c1-10(2)12(7-14)9-16-13-6-4-3-5-11(13)8-15-16/h3-6,8,10,12H,7,9H2,1-2H3. The molecule has 2 nitrogen and oxygen atoms in total. The van der Waals surface area contributed by atoms with Gasteiger partial charge >= 0.3 is 0 Å². The first-order valence-corrected chi connectivity index (χ1v) is 6.81. The van der Waals surface area contributed by atoms with Crippen LogP contribution in [0, 0.1) is 11.8 Å². The molecule has 1 heterocycles. The first-order valence-electron chi connectivity index (χ1n) is 5.69. The summed E-state index contributed by atoms with van der Waals surface area (Å²) in [6.07, 6.45) is 1.95. The van der Waals surface area contributed by atoms with Crippen LogP contribution in [0.25, 0.3) is 10.9 Å². The van der Waals surface area contributed by atoms with Crippen LogP contribution in [-0.2, 0) is 6.54 Å². The van der Waals surface area contributed by atoms with E-state index in [1.165, 1.54) is 10.9 Å². The van der Waals surface area contributed by atoms with E-state index in [1.54, 1.807) is 0 Å². The average Bonchev–Trinajstić information content (AvgIpc) is 2.69. The van der Waals surface area contributed by atoms with Crippen molar-refractivity contribution in [1.82, 2.24) is 9.78 Å². The molecule has 0 aliphatic rings. The number of hydrogen-bond donors (Lipinski definition) is 0. The largest absolute Gasteiger partial charge is 0.265 e. The summed E-state index contributed by atoms with van der Waals surface area (Å²) in [7, 11) is 0. The average molecular weight is 281 g/mol. The van der Waals surface area contributed by atoms with Gasteiger partial charge in [0.2, 0.25) is 0 Å².